The fraction of sp³-hybridized carbons (Fsp3) is 0.459. The number of nitrogens with zero attached hydrogens (tertiary/aromatic N) is 4. The zero-order chi connectivity index (χ0) is 34.6. The molecule has 0 radical (unpaired) electrons. The highest BCUT2D eigenvalue weighted by molar-refractivity contribution is 6.72. The van der Waals surface area contributed by atoms with Gasteiger partial charge in [-0.3, -0.25) is 14.3 Å². The zero-order valence-electron chi connectivity index (χ0n) is 28.9. The maximum Gasteiger partial charge on any atom is 0.264 e. The number of benzene rings is 2. The number of rotatable bonds is 13. The number of anilines is 2. The first kappa shape index (κ1) is 35.4. The van der Waals surface area contributed by atoms with Gasteiger partial charge in [-0.05, 0) is 83.5 Å². The van der Waals surface area contributed by atoms with Gasteiger partial charge in [0.05, 0.1) is 17.5 Å². The molecule has 3 heterocycles. The van der Waals surface area contributed by atoms with Crippen molar-refractivity contribution >= 4 is 31.6 Å². The summed E-state index contributed by atoms with van der Waals surface area (Å²) in [5.74, 6) is -0.932. The lowest BCUT2D eigenvalue weighted by molar-refractivity contribution is -0.145. The van der Waals surface area contributed by atoms with Crippen molar-refractivity contribution in [3.05, 3.63) is 94.8 Å². The molecule has 48 heavy (non-hydrogen) atoms. The van der Waals surface area contributed by atoms with Crippen LogP contribution < -0.4 is 10.2 Å². The van der Waals surface area contributed by atoms with Crippen LogP contribution in [0.3, 0.4) is 0 Å². The molecule has 1 fully saturated rings. The number of aliphatic hydroxyl groups excluding tert-OH is 1. The molecule has 5 rings (SSSR count). The molecule has 4 atom stereocenters. The van der Waals surface area contributed by atoms with Gasteiger partial charge >= 0.3 is 0 Å². The minimum atomic E-state index is -3.37. The summed E-state index contributed by atoms with van der Waals surface area (Å²) in [6, 6.07) is 14.5. The van der Waals surface area contributed by atoms with Crippen LogP contribution in [0.4, 0.5) is 15.5 Å². The second-order valence-corrected chi connectivity index (χ2v) is 17.6. The minimum Gasteiger partial charge on any atom is -0.396 e. The molecule has 2 N–H and O–H groups in total. The Hall–Kier alpha value is -3.93. The highest BCUT2D eigenvalue weighted by atomic mass is 28.4. The zero-order valence-corrected chi connectivity index (χ0v) is 29.9. The van der Waals surface area contributed by atoms with Crippen LogP contribution in [0.2, 0.25) is 18.6 Å². The lowest BCUT2D eigenvalue weighted by Crippen LogP contribution is -2.45. The normalized spacial score (nSPS) is 22.3. The molecule has 0 aliphatic carbocycles. The molecule has 11 heteroatoms. The number of allylic oxidation sites excluding steroid dienone is 3. The van der Waals surface area contributed by atoms with Crippen LogP contribution in [0.25, 0.3) is 0 Å². The van der Waals surface area contributed by atoms with Crippen LogP contribution in [-0.4, -0.2) is 59.6 Å². The van der Waals surface area contributed by atoms with Crippen molar-refractivity contribution in [2.75, 3.05) is 23.4 Å². The first-order valence-electron chi connectivity index (χ1n) is 16.8. The van der Waals surface area contributed by atoms with Gasteiger partial charge in [0.2, 0.25) is 8.41 Å². The number of amides is 2. The number of carbonyl (C=O) groups excluding carboxylic acids is 2. The third-order valence-corrected chi connectivity index (χ3v) is 12.0. The number of carbonyl (C=O) groups is 2. The van der Waals surface area contributed by atoms with E-state index < -0.39 is 31.6 Å². The number of aromatic nitrogens is 3. The molecule has 2 aromatic carbocycles. The van der Waals surface area contributed by atoms with Crippen molar-refractivity contribution in [3.8, 4) is 0 Å². The number of hydrogen-bond donors (Lipinski definition) is 2. The van der Waals surface area contributed by atoms with Crippen molar-refractivity contribution in [1.82, 2.24) is 15.0 Å². The average molecular weight is 674 g/mol. The molecule has 1 saturated heterocycles. The maximum absolute atomic E-state index is 16.3. The summed E-state index contributed by atoms with van der Waals surface area (Å²) in [6.45, 7) is 12.3. The molecule has 1 aromatic heterocycles. The molecule has 0 unspecified atom stereocenters. The lowest BCUT2D eigenvalue weighted by atomic mass is 9.82. The van der Waals surface area contributed by atoms with Crippen LogP contribution in [0.5, 0.6) is 0 Å². The first-order valence-corrected chi connectivity index (χ1v) is 19.8. The van der Waals surface area contributed by atoms with E-state index in [-0.39, 0.29) is 18.4 Å². The molecular weight excluding hydrogens is 626 g/mol. The van der Waals surface area contributed by atoms with E-state index >= 15 is 4.11 Å². The second-order valence-electron chi connectivity index (χ2n) is 13.8. The lowest BCUT2D eigenvalue weighted by Gasteiger charge is -2.31. The van der Waals surface area contributed by atoms with Gasteiger partial charge in [0, 0.05) is 60.6 Å². The Morgan fingerprint density at radius 2 is 1.90 bits per heavy atom. The Kier molecular flexibility index (Phi) is 10.8. The smallest absolute Gasteiger partial charge is 0.264 e. The highest BCUT2D eigenvalue weighted by Gasteiger charge is 2.66. The molecule has 0 bridgehead atoms. The van der Waals surface area contributed by atoms with Gasteiger partial charge in [-0.1, -0.05) is 53.6 Å². The van der Waals surface area contributed by atoms with E-state index in [1.165, 1.54) is 11.1 Å². The third kappa shape index (κ3) is 7.38. The molecule has 2 aliphatic rings. The van der Waals surface area contributed by atoms with Crippen molar-refractivity contribution < 1.29 is 23.5 Å². The molecule has 9 nitrogen and oxygen atoms in total. The van der Waals surface area contributed by atoms with Gasteiger partial charge in [0.15, 0.2) is 5.60 Å². The predicted molar refractivity (Wildman–Crippen MR) is 189 cm³/mol. The van der Waals surface area contributed by atoms with Gasteiger partial charge in [-0.25, -0.2) is 0 Å². The number of ether oxygens (including phenoxy) is 1. The number of aryl methyl sites for hydroxylation is 1. The van der Waals surface area contributed by atoms with Crippen LogP contribution in [0, 0.1) is 5.92 Å². The van der Waals surface area contributed by atoms with E-state index in [1.54, 1.807) is 41.0 Å². The van der Waals surface area contributed by atoms with Gasteiger partial charge < -0.3 is 24.2 Å². The predicted octanol–water partition coefficient (Wildman–Crippen LogP) is 6.97. The molecular formula is C37H48FN5O4Si. The number of halogens is 1. The SMILES string of the molecule is CC(C)=CCC/C(C)=C/CN1C(=O)[C@@]2(O[C@@H](CCn3cc(CCO)nn3)[C@H]([Si](C)(C)F)[C@H]2C)c2cc(NC(=O)c3ccccc3)ccc21. The van der Waals surface area contributed by atoms with Crippen LogP contribution in [-0.2, 0) is 28.1 Å². The Bertz CT molecular complexity index is 1680. The van der Waals surface area contributed by atoms with Crippen LogP contribution in [0.1, 0.15) is 68.6 Å². The maximum atomic E-state index is 16.3. The molecule has 2 amide bonds. The second kappa shape index (κ2) is 14.7. The molecule has 1 spiro atoms. The fourth-order valence-corrected chi connectivity index (χ4v) is 9.79. The largest absolute Gasteiger partial charge is 0.396 e. The summed E-state index contributed by atoms with van der Waals surface area (Å²) in [6.07, 6.45) is 8.18. The van der Waals surface area contributed by atoms with Gasteiger partial charge in [-0.2, -0.15) is 0 Å². The van der Waals surface area contributed by atoms with Crippen molar-refractivity contribution in [2.45, 2.75) is 90.3 Å². The standard InChI is InChI=1S/C37H48FN5O4Si/c1-25(2)11-10-12-26(3)17-21-43-32-16-15-29(39-35(45)28-13-8-7-9-14-28)23-31(32)37(36(43)46)27(4)34(48(5,6)38)33(47-37)18-20-42-24-30(19-22-44)40-41-42/h7-9,11,13-17,23-24,27,33-34,44H,10,12,18-22H2,1-6H3,(H,39,45)/b26-17+/t27-,33+,34-,37+/m1/s1. The average Bonchev–Trinajstić information content (AvgIpc) is 3.68. The fourth-order valence-electron chi connectivity index (χ4n) is 7.24. The van der Waals surface area contributed by atoms with Crippen molar-refractivity contribution in [1.29, 1.82) is 0 Å². The van der Waals surface area contributed by atoms with Crippen molar-refractivity contribution in [3.63, 3.8) is 0 Å². The summed E-state index contributed by atoms with van der Waals surface area (Å²) >= 11 is 0. The van der Waals surface area contributed by atoms with Gasteiger partial charge in [0.1, 0.15) is 0 Å². The monoisotopic (exact) mass is 673 g/mol. The molecule has 2 aliphatic heterocycles. The van der Waals surface area contributed by atoms with E-state index in [1.807, 2.05) is 43.3 Å². The van der Waals surface area contributed by atoms with E-state index in [9.17, 15) is 14.7 Å². The molecule has 256 valence electrons. The Morgan fingerprint density at radius 3 is 2.58 bits per heavy atom. The number of aliphatic hydroxyl groups is 1. The summed E-state index contributed by atoms with van der Waals surface area (Å²) in [5.41, 5.74) is 3.66. The van der Waals surface area contributed by atoms with Crippen LogP contribution in [0.15, 0.2) is 78.0 Å². The molecule has 0 saturated carbocycles. The van der Waals surface area contributed by atoms with Gasteiger partial charge in [0.25, 0.3) is 11.8 Å². The summed E-state index contributed by atoms with van der Waals surface area (Å²) in [7, 11) is -3.37. The van der Waals surface area contributed by atoms with E-state index in [0.717, 1.165) is 12.8 Å². The Labute approximate surface area is 284 Å². The van der Waals surface area contributed by atoms with E-state index in [4.69, 9.17) is 4.74 Å². The highest BCUT2D eigenvalue weighted by Crippen LogP contribution is 2.60. The number of hydrogen-bond acceptors (Lipinski definition) is 6. The van der Waals surface area contributed by atoms with Crippen LogP contribution >= 0.6 is 0 Å². The van der Waals surface area contributed by atoms with Crippen molar-refractivity contribution in [2.24, 2.45) is 5.92 Å². The summed E-state index contributed by atoms with van der Waals surface area (Å²) in [5, 5.41) is 20.6. The van der Waals surface area contributed by atoms with E-state index in [0.29, 0.717) is 54.1 Å². The summed E-state index contributed by atoms with van der Waals surface area (Å²) < 4.78 is 24.9. The van der Waals surface area contributed by atoms with E-state index in [2.05, 4.69) is 48.6 Å². The Morgan fingerprint density at radius 1 is 1.15 bits per heavy atom. The third-order valence-electron chi connectivity index (χ3n) is 9.56. The quantitative estimate of drug-likeness (QED) is 0.115. The summed E-state index contributed by atoms with van der Waals surface area (Å²) in [4.78, 5) is 29.6. The number of nitrogens with one attached hydrogen (secondary N) is 1. The first-order chi connectivity index (χ1) is 22.8. The number of fused-ring (bicyclic) bond motifs is 2. The molecule has 3 aromatic rings. The topological polar surface area (TPSA) is 110 Å². The minimum absolute atomic E-state index is 0.0236. The Balaban J connectivity index is 1.50. The van der Waals surface area contributed by atoms with Gasteiger partial charge in [-0.15, -0.1) is 5.10 Å².